The standard InChI is InChI=1S/C15H18ClNO2S/c1-15(2,3)10-17-20(18,19)13-9-5-7-11-6-4-8-12(16)14(11)13/h4-9,17H,10H2,1-3H3. The van der Waals surface area contributed by atoms with Crippen molar-refractivity contribution in [2.75, 3.05) is 6.54 Å². The van der Waals surface area contributed by atoms with Gasteiger partial charge in [-0.25, -0.2) is 13.1 Å². The molecular formula is C15H18ClNO2S. The second kappa shape index (κ2) is 5.35. The molecule has 2 rings (SSSR count). The van der Waals surface area contributed by atoms with Gasteiger partial charge < -0.3 is 0 Å². The summed E-state index contributed by atoms with van der Waals surface area (Å²) in [7, 11) is -3.58. The predicted octanol–water partition coefficient (Wildman–Crippen LogP) is 3.82. The molecule has 0 saturated carbocycles. The van der Waals surface area contributed by atoms with Crippen molar-refractivity contribution in [2.45, 2.75) is 25.7 Å². The highest BCUT2D eigenvalue weighted by Crippen LogP contribution is 2.29. The Hall–Kier alpha value is -1.10. The van der Waals surface area contributed by atoms with E-state index in [0.717, 1.165) is 5.39 Å². The van der Waals surface area contributed by atoms with Crippen LogP contribution in [-0.2, 0) is 10.0 Å². The van der Waals surface area contributed by atoms with Crippen molar-refractivity contribution in [3.8, 4) is 0 Å². The number of benzene rings is 2. The third kappa shape index (κ3) is 3.32. The van der Waals surface area contributed by atoms with Crippen LogP contribution < -0.4 is 4.72 Å². The Bertz CT molecular complexity index is 728. The van der Waals surface area contributed by atoms with Crippen molar-refractivity contribution in [3.63, 3.8) is 0 Å². The van der Waals surface area contributed by atoms with Crippen LogP contribution >= 0.6 is 11.6 Å². The van der Waals surface area contributed by atoms with Crippen LogP contribution in [-0.4, -0.2) is 15.0 Å². The maximum absolute atomic E-state index is 12.5. The molecule has 0 aliphatic carbocycles. The Labute approximate surface area is 125 Å². The fourth-order valence-electron chi connectivity index (χ4n) is 1.88. The van der Waals surface area contributed by atoms with E-state index in [9.17, 15) is 8.42 Å². The molecule has 0 heterocycles. The monoisotopic (exact) mass is 311 g/mol. The summed E-state index contributed by atoms with van der Waals surface area (Å²) in [4.78, 5) is 0.227. The van der Waals surface area contributed by atoms with Gasteiger partial charge in [-0.15, -0.1) is 0 Å². The molecule has 0 unspecified atom stereocenters. The highest BCUT2D eigenvalue weighted by molar-refractivity contribution is 7.89. The van der Waals surface area contributed by atoms with Gasteiger partial charge in [-0.05, 0) is 22.9 Å². The van der Waals surface area contributed by atoms with Gasteiger partial charge >= 0.3 is 0 Å². The molecule has 3 nitrogen and oxygen atoms in total. The van der Waals surface area contributed by atoms with Crippen LogP contribution in [0.3, 0.4) is 0 Å². The summed E-state index contributed by atoms with van der Waals surface area (Å²) in [5.74, 6) is 0. The molecule has 2 aromatic rings. The lowest BCUT2D eigenvalue weighted by Gasteiger charge is -2.19. The van der Waals surface area contributed by atoms with Crippen molar-refractivity contribution in [3.05, 3.63) is 41.4 Å². The quantitative estimate of drug-likeness (QED) is 0.936. The Morgan fingerprint density at radius 3 is 2.30 bits per heavy atom. The Balaban J connectivity index is 2.52. The molecule has 0 amide bonds. The molecule has 0 spiro atoms. The van der Waals surface area contributed by atoms with E-state index in [1.54, 1.807) is 18.2 Å². The molecule has 0 atom stereocenters. The first kappa shape index (κ1) is 15.3. The first-order valence-electron chi connectivity index (χ1n) is 6.38. The lowest BCUT2D eigenvalue weighted by molar-refractivity contribution is 0.408. The number of sulfonamides is 1. The number of rotatable bonds is 3. The maximum atomic E-state index is 12.5. The summed E-state index contributed by atoms with van der Waals surface area (Å²) >= 11 is 6.17. The summed E-state index contributed by atoms with van der Waals surface area (Å²) in [6.07, 6.45) is 0. The van der Waals surface area contributed by atoms with E-state index < -0.39 is 10.0 Å². The van der Waals surface area contributed by atoms with E-state index in [0.29, 0.717) is 17.0 Å². The van der Waals surface area contributed by atoms with Crippen LogP contribution in [0.1, 0.15) is 20.8 Å². The summed E-state index contributed by atoms with van der Waals surface area (Å²) < 4.78 is 27.6. The lowest BCUT2D eigenvalue weighted by Crippen LogP contribution is -2.32. The van der Waals surface area contributed by atoms with Crippen LogP contribution in [0.4, 0.5) is 0 Å². The van der Waals surface area contributed by atoms with Gasteiger partial charge in [-0.1, -0.05) is 56.6 Å². The van der Waals surface area contributed by atoms with E-state index in [4.69, 9.17) is 11.6 Å². The number of hydrogen-bond acceptors (Lipinski definition) is 2. The van der Waals surface area contributed by atoms with Gasteiger partial charge in [0.25, 0.3) is 0 Å². The molecule has 20 heavy (non-hydrogen) atoms. The molecular weight excluding hydrogens is 294 g/mol. The fraction of sp³-hybridized carbons (Fsp3) is 0.333. The molecule has 0 aliphatic rings. The number of nitrogens with one attached hydrogen (secondary N) is 1. The third-order valence-corrected chi connectivity index (χ3v) is 4.66. The van der Waals surface area contributed by atoms with Crippen molar-refractivity contribution in [1.82, 2.24) is 4.72 Å². The van der Waals surface area contributed by atoms with Gasteiger partial charge in [0.05, 0.1) is 4.90 Å². The van der Waals surface area contributed by atoms with Gasteiger partial charge in [0.2, 0.25) is 10.0 Å². The molecule has 0 aliphatic heterocycles. The fourth-order valence-corrected chi connectivity index (χ4v) is 3.75. The van der Waals surface area contributed by atoms with Gasteiger partial charge in [0, 0.05) is 17.0 Å². The molecule has 1 N–H and O–H groups in total. The van der Waals surface area contributed by atoms with Crippen LogP contribution in [0.15, 0.2) is 41.3 Å². The van der Waals surface area contributed by atoms with E-state index in [2.05, 4.69) is 4.72 Å². The summed E-state index contributed by atoms with van der Waals surface area (Å²) in [5, 5.41) is 1.83. The van der Waals surface area contributed by atoms with Gasteiger partial charge in [0.15, 0.2) is 0 Å². The van der Waals surface area contributed by atoms with Crippen molar-refractivity contribution < 1.29 is 8.42 Å². The zero-order chi connectivity index (χ0) is 15.0. The summed E-state index contributed by atoms with van der Waals surface area (Å²) in [6, 6.07) is 10.5. The maximum Gasteiger partial charge on any atom is 0.241 e. The lowest BCUT2D eigenvalue weighted by atomic mass is 9.98. The molecule has 5 heteroatoms. The first-order valence-corrected chi connectivity index (χ1v) is 8.24. The van der Waals surface area contributed by atoms with E-state index in [1.807, 2.05) is 39.0 Å². The highest BCUT2D eigenvalue weighted by atomic mass is 35.5. The minimum atomic E-state index is -3.58. The molecule has 0 fully saturated rings. The second-order valence-corrected chi connectivity index (χ2v) is 8.12. The smallest absolute Gasteiger partial charge is 0.211 e. The Morgan fingerprint density at radius 2 is 1.70 bits per heavy atom. The van der Waals surface area contributed by atoms with Gasteiger partial charge in [0.1, 0.15) is 0 Å². The molecule has 2 aromatic carbocycles. The van der Waals surface area contributed by atoms with Crippen molar-refractivity contribution >= 4 is 32.4 Å². The van der Waals surface area contributed by atoms with Crippen LogP contribution in [0.2, 0.25) is 5.02 Å². The zero-order valence-electron chi connectivity index (χ0n) is 11.8. The largest absolute Gasteiger partial charge is 0.241 e. The SMILES string of the molecule is CC(C)(C)CNS(=O)(=O)c1cccc2cccc(Cl)c12. The molecule has 108 valence electrons. The van der Waals surface area contributed by atoms with Crippen molar-refractivity contribution in [2.24, 2.45) is 5.41 Å². The molecule has 0 aromatic heterocycles. The first-order chi connectivity index (χ1) is 9.21. The summed E-state index contributed by atoms with van der Waals surface area (Å²) in [5.41, 5.74) is -0.124. The van der Waals surface area contributed by atoms with Crippen molar-refractivity contribution in [1.29, 1.82) is 0 Å². The number of fused-ring (bicyclic) bond motifs is 1. The zero-order valence-corrected chi connectivity index (χ0v) is 13.3. The van der Waals surface area contributed by atoms with Gasteiger partial charge in [-0.3, -0.25) is 0 Å². The van der Waals surface area contributed by atoms with Gasteiger partial charge in [-0.2, -0.15) is 0 Å². The van der Waals surface area contributed by atoms with E-state index in [1.165, 1.54) is 0 Å². The average molecular weight is 312 g/mol. The average Bonchev–Trinajstić information content (AvgIpc) is 2.36. The normalized spacial score (nSPS) is 12.8. The Morgan fingerprint density at radius 1 is 1.10 bits per heavy atom. The third-order valence-electron chi connectivity index (χ3n) is 2.90. The van der Waals surface area contributed by atoms with Crippen LogP contribution in [0, 0.1) is 5.41 Å². The molecule has 0 radical (unpaired) electrons. The van der Waals surface area contributed by atoms with E-state index in [-0.39, 0.29) is 10.3 Å². The minimum absolute atomic E-state index is 0.124. The molecule has 0 bridgehead atoms. The van der Waals surface area contributed by atoms with E-state index >= 15 is 0 Å². The predicted molar refractivity (Wildman–Crippen MR) is 83.6 cm³/mol. The molecule has 0 saturated heterocycles. The number of halogens is 1. The topological polar surface area (TPSA) is 46.2 Å². The van der Waals surface area contributed by atoms with Crippen LogP contribution in [0.25, 0.3) is 10.8 Å². The summed E-state index contributed by atoms with van der Waals surface area (Å²) in [6.45, 7) is 6.30. The van der Waals surface area contributed by atoms with Crippen LogP contribution in [0.5, 0.6) is 0 Å². The second-order valence-electron chi connectivity index (χ2n) is 5.98. The Kier molecular flexibility index (Phi) is 4.09. The minimum Gasteiger partial charge on any atom is -0.211 e. The highest BCUT2D eigenvalue weighted by Gasteiger charge is 2.21. The number of hydrogen-bond donors (Lipinski definition) is 1.